The number of aromatic amines is 1. The standard InChI is InChI=1S/C18H22N6O2S/c1-10-11(2)27-18-15(10)17(26)20-13(21-18)6-7-14(25)24-8-4-5-12(24)16-22-19-9-23(16)3/h9,12H,4-8H2,1-3H3,(H,20,21,26). The molecule has 0 bridgehead atoms. The van der Waals surface area contributed by atoms with Crippen LogP contribution >= 0.6 is 11.3 Å². The molecule has 142 valence electrons. The number of amides is 1. The largest absolute Gasteiger partial charge is 0.332 e. The number of fused-ring (bicyclic) bond motifs is 1. The normalized spacial score (nSPS) is 17.1. The Kier molecular flexibility index (Phi) is 4.55. The van der Waals surface area contributed by atoms with Crippen LogP contribution in [-0.2, 0) is 18.3 Å². The predicted octanol–water partition coefficient (Wildman–Crippen LogP) is 2.03. The molecule has 9 heteroatoms. The van der Waals surface area contributed by atoms with Crippen molar-refractivity contribution in [1.82, 2.24) is 29.6 Å². The van der Waals surface area contributed by atoms with E-state index in [9.17, 15) is 9.59 Å². The molecule has 0 spiro atoms. The highest BCUT2D eigenvalue weighted by Crippen LogP contribution is 2.31. The molecule has 1 N–H and O–H groups in total. The lowest BCUT2D eigenvalue weighted by Crippen LogP contribution is -2.32. The van der Waals surface area contributed by atoms with E-state index in [0.29, 0.717) is 24.1 Å². The number of likely N-dealkylation sites (tertiary alicyclic amines) is 1. The molecule has 0 radical (unpaired) electrons. The van der Waals surface area contributed by atoms with E-state index in [4.69, 9.17) is 0 Å². The molecule has 0 aromatic carbocycles. The molecule has 3 aromatic heterocycles. The third kappa shape index (κ3) is 3.16. The molecule has 4 rings (SSSR count). The van der Waals surface area contributed by atoms with Gasteiger partial charge < -0.3 is 14.5 Å². The van der Waals surface area contributed by atoms with Crippen molar-refractivity contribution in [2.45, 2.75) is 45.6 Å². The van der Waals surface area contributed by atoms with Crippen molar-refractivity contribution in [3.8, 4) is 0 Å². The van der Waals surface area contributed by atoms with Gasteiger partial charge in [0.2, 0.25) is 5.91 Å². The fourth-order valence-corrected chi connectivity index (χ4v) is 4.76. The molecule has 1 unspecified atom stereocenters. The van der Waals surface area contributed by atoms with Gasteiger partial charge >= 0.3 is 0 Å². The summed E-state index contributed by atoms with van der Waals surface area (Å²) in [6.07, 6.45) is 4.24. The lowest BCUT2D eigenvalue weighted by Gasteiger charge is -2.23. The maximum absolute atomic E-state index is 12.8. The van der Waals surface area contributed by atoms with Crippen LogP contribution in [0.3, 0.4) is 0 Å². The third-order valence-corrected chi connectivity index (χ3v) is 6.38. The van der Waals surface area contributed by atoms with Crippen molar-refractivity contribution in [1.29, 1.82) is 0 Å². The Hall–Kier alpha value is -2.55. The maximum atomic E-state index is 12.8. The number of aryl methyl sites for hydroxylation is 4. The van der Waals surface area contributed by atoms with Crippen molar-refractivity contribution < 1.29 is 4.79 Å². The number of H-pyrrole nitrogens is 1. The van der Waals surface area contributed by atoms with Crippen molar-refractivity contribution >= 4 is 27.5 Å². The zero-order chi connectivity index (χ0) is 19.1. The molecule has 0 saturated carbocycles. The highest BCUT2D eigenvalue weighted by atomic mass is 32.1. The highest BCUT2D eigenvalue weighted by Gasteiger charge is 2.32. The van der Waals surface area contributed by atoms with Gasteiger partial charge in [-0.15, -0.1) is 21.5 Å². The molecule has 1 fully saturated rings. The van der Waals surface area contributed by atoms with E-state index in [1.165, 1.54) is 11.3 Å². The van der Waals surface area contributed by atoms with E-state index in [1.54, 1.807) is 6.33 Å². The van der Waals surface area contributed by atoms with Gasteiger partial charge in [-0.05, 0) is 32.3 Å². The third-order valence-electron chi connectivity index (χ3n) is 5.28. The van der Waals surface area contributed by atoms with Crippen LogP contribution in [0.15, 0.2) is 11.1 Å². The van der Waals surface area contributed by atoms with Crippen LogP contribution < -0.4 is 5.56 Å². The summed E-state index contributed by atoms with van der Waals surface area (Å²) in [5.74, 6) is 1.44. The Morgan fingerprint density at radius 2 is 2.22 bits per heavy atom. The molecule has 4 heterocycles. The van der Waals surface area contributed by atoms with Gasteiger partial charge in [0.1, 0.15) is 17.0 Å². The van der Waals surface area contributed by atoms with E-state index in [2.05, 4.69) is 20.2 Å². The zero-order valence-electron chi connectivity index (χ0n) is 15.7. The van der Waals surface area contributed by atoms with Crippen LogP contribution in [0.4, 0.5) is 0 Å². The Balaban J connectivity index is 1.50. The second-order valence-corrected chi connectivity index (χ2v) is 8.22. The molecule has 27 heavy (non-hydrogen) atoms. The Bertz CT molecular complexity index is 1070. The number of rotatable bonds is 4. The minimum absolute atomic E-state index is 0.0258. The van der Waals surface area contributed by atoms with Crippen molar-refractivity contribution in [2.24, 2.45) is 7.05 Å². The number of carbonyl (C=O) groups excluding carboxylic acids is 1. The van der Waals surface area contributed by atoms with Crippen molar-refractivity contribution in [3.63, 3.8) is 0 Å². The SMILES string of the molecule is Cc1sc2nc(CCC(=O)N3CCCC3c3nncn3C)[nH]c(=O)c2c1C. The van der Waals surface area contributed by atoms with E-state index >= 15 is 0 Å². The van der Waals surface area contributed by atoms with Crippen LogP contribution in [0.5, 0.6) is 0 Å². The summed E-state index contributed by atoms with van der Waals surface area (Å²) in [6, 6.07) is -0.0258. The van der Waals surface area contributed by atoms with E-state index in [0.717, 1.165) is 40.5 Å². The topological polar surface area (TPSA) is 96.8 Å². The average Bonchev–Trinajstić information content (AvgIpc) is 3.32. The number of thiophene rings is 1. The second-order valence-electron chi connectivity index (χ2n) is 7.02. The van der Waals surface area contributed by atoms with Gasteiger partial charge in [-0.1, -0.05) is 0 Å². The summed E-state index contributed by atoms with van der Waals surface area (Å²) < 4.78 is 1.87. The number of nitrogens with zero attached hydrogens (tertiary/aromatic N) is 5. The first kappa shape index (κ1) is 17.8. The molecule has 1 aliphatic heterocycles. The number of carbonyl (C=O) groups is 1. The van der Waals surface area contributed by atoms with Crippen molar-refractivity contribution in [2.75, 3.05) is 6.54 Å². The molecule has 3 aromatic rings. The van der Waals surface area contributed by atoms with E-state index in [-0.39, 0.29) is 17.5 Å². The molecule has 1 amide bonds. The molecule has 8 nitrogen and oxygen atoms in total. The molecule has 1 aliphatic rings. The summed E-state index contributed by atoms with van der Waals surface area (Å²) in [4.78, 5) is 36.3. The molecular weight excluding hydrogens is 364 g/mol. The predicted molar refractivity (Wildman–Crippen MR) is 103 cm³/mol. The summed E-state index contributed by atoms with van der Waals surface area (Å²) >= 11 is 1.52. The molecule has 1 atom stereocenters. The number of hydrogen-bond acceptors (Lipinski definition) is 6. The summed E-state index contributed by atoms with van der Waals surface area (Å²) in [5, 5.41) is 8.75. The van der Waals surface area contributed by atoms with Crippen LogP contribution in [-0.4, -0.2) is 42.1 Å². The fourth-order valence-electron chi connectivity index (χ4n) is 3.71. The van der Waals surface area contributed by atoms with Gasteiger partial charge in [-0.3, -0.25) is 9.59 Å². The van der Waals surface area contributed by atoms with Gasteiger partial charge in [-0.2, -0.15) is 0 Å². The van der Waals surface area contributed by atoms with E-state index < -0.39 is 0 Å². The highest BCUT2D eigenvalue weighted by molar-refractivity contribution is 7.18. The first-order chi connectivity index (χ1) is 13.0. The summed E-state index contributed by atoms with van der Waals surface area (Å²) in [6.45, 7) is 4.65. The van der Waals surface area contributed by atoms with Gasteiger partial charge in [0, 0.05) is 31.3 Å². The summed E-state index contributed by atoms with van der Waals surface area (Å²) in [7, 11) is 1.89. The Morgan fingerprint density at radius 3 is 2.96 bits per heavy atom. The minimum atomic E-state index is -0.123. The van der Waals surface area contributed by atoms with Crippen LogP contribution in [0, 0.1) is 13.8 Å². The molecular formula is C18H22N6O2S. The number of aromatic nitrogens is 5. The van der Waals surface area contributed by atoms with Crippen LogP contribution in [0.2, 0.25) is 0 Å². The maximum Gasteiger partial charge on any atom is 0.259 e. The Morgan fingerprint density at radius 1 is 1.41 bits per heavy atom. The first-order valence-corrected chi connectivity index (χ1v) is 9.89. The number of nitrogens with one attached hydrogen (secondary N) is 1. The minimum Gasteiger partial charge on any atom is -0.332 e. The lowest BCUT2D eigenvalue weighted by molar-refractivity contribution is -0.132. The van der Waals surface area contributed by atoms with Gasteiger partial charge in [-0.25, -0.2) is 4.98 Å². The van der Waals surface area contributed by atoms with Gasteiger partial charge in [0.25, 0.3) is 5.56 Å². The monoisotopic (exact) mass is 386 g/mol. The summed E-state index contributed by atoms with van der Waals surface area (Å²) in [5.41, 5.74) is 0.859. The number of hydrogen-bond donors (Lipinski definition) is 1. The van der Waals surface area contributed by atoms with Gasteiger partial charge in [0.15, 0.2) is 5.82 Å². The average molecular weight is 386 g/mol. The first-order valence-electron chi connectivity index (χ1n) is 9.08. The van der Waals surface area contributed by atoms with Gasteiger partial charge in [0.05, 0.1) is 11.4 Å². The van der Waals surface area contributed by atoms with E-state index in [1.807, 2.05) is 30.4 Å². The zero-order valence-corrected chi connectivity index (χ0v) is 16.5. The van der Waals surface area contributed by atoms with Crippen molar-refractivity contribution in [3.05, 3.63) is 38.8 Å². The lowest BCUT2D eigenvalue weighted by atomic mass is 10.2. The fraction of sp³-hybridized carbons (Fsp3) is 0.500. The smallest absolute Gasteiger partial charge is 0.259 e. The quantitative estimate of drug-likeness (QED) is 0.740. The van der Waals surface area contributed by atoms with Crippen LogP contribution in [0.25, 0.3) is 10.2 Å². The molecule has 1 saturated heterocycles. The second kappa shape index (κ2) is 6.88. The van der Waals surface area contributed by atoms with Crippen LogP contribution in [0.1, 0.15) is 47.4 Å². The molecule has 0 aliphatic carbocycles. The Labute approximate surface area is 160 Å².